The van der Waals surface area contributed by atoms with E-state index in [1.807, 2.05) is 27.7 Å². The van der Waals surface area contributed by atoms with Gasteiger partial charge in [0, 0.05) is 23.2 Å². The van der Waals surface area contributed by atoms with E-state index in [2.05, 4.69) is 10.4 Å². The lowest BCUT2D eigenvalue weighted by molar-refractivity contribution is 0.0940. The van der Waals surface area contributed by atoms with Gasteiger partial charge in [0.1, 0.15) is 12.3 Å². The zero-order valence-electron chi connectivity index (χ0n) is 20.2. The van der Waals surface area contributed by atoms with Crippen LogP contribution in [0.1, 0.15) is 54.5 Å². The quantitative estimate of drug-likeness (QED) is 0.409. The van der Waals surface area contributed by atoms with E-state index in [-0.39, 0.29) is 52.6 Å². The number of hydrogen-bond acceptors (Lipinski definition) is 6. The second-order valence-electron chi connectivity index (χ2n) is 8.86. The third kappa shape index (κ3) is 4.34. The molecular weight excluding hydrogens is 450 g/mol. The number of aromatic nitrogens is 4. The minimum Gasteiger partial charge on any atom is -0.497 e. The molecule has 0 spiro atoms. The number of carbonyl (C=O) groups is 2. The lowest BCUT2D eigenvalue weighted by atomic mass is 10.1. The van der Waals surface area contributed by atoms with Crippen LogP contribution in [0.25, 0.3) is 16.7 Å². The van der Waals surface area contributed by atoms with Crippen molar-refractivity contribution in [2.45, 2.75) is 46.3 Å². The predicted octanol–water partition coefficient (Wildman–Crippen LogP) is 2.42. The number of ketones is 1. The van der Waals surface area contributed by atoms with Crippen molar-refractivity contribution in [3.05, 3.63) is 74.4 Å². The molecule has 2 aromatic heterocycles. The summed E-state index contributed by atoms with van der Waals surface area (Å²) in [6.45, 7) is 6.99. The zero-order chi connectivity index (χ0) is 25.4. The van der Waals surface area contributed by atoms with Gasteiger partial charge in [0.25, 0.3) is 11.5 Å². The summed E-state index contributed by atoms with van der Waals surface area (Å²) in [6, 6.07) is 10.8. The molecule has 1 amide bonds. The molecule has 0 aliphatic heterocycles. The van der Waals surface area contributed by atoms with E-state index in [0.29, 0.717) is 16.9 Å². The SMILES string of the molecule is COc1ccc(C(=O)Cn2nc3n(C(C)C)c(=O)c4ccc(C(=O)NC(C)C)cc4n3c2=O)cc1. The summed E-state index contributed by atoms with van der Waals surface area (Å²) in [6.07, 6.45) is 0. The number of ether oxygens (including phenoxy) is 1. The second-order valence-corrected chi connectivity index (χ2v) is 8.86. The molecule has 0 aliphatic rings. The van der Waals surface area contributed by atoms with Gasteiger partial charge < -0.3 is 10.1 Å². The van der Waals surface area contributed by atoms with Gasteiger partial charge in [0.15, 0.2) is 5.78 Å². The summed E-state index contributed by atoms with van der Waals surface area (Å²) < 4.78 is 8.85. The fourth-order valence-electron chi connectivity index (χ4n) is 3.94. The number of nitrogens with zero attached hydrogens (tertiary/aromatic N) is 4. The molecule has 4 rings (SSSR count). The van der Waals surface area contributed by atoms with Crippen LogP contribution in [0.2, 0.25) is 0 Å². The number of benzene rings is 2. The van der Waals surface area contributed by atoms with Crippen molar-refractivity contribution in [2.75, 3.05) is 7.11 Å². The Labute approximate surface area is 200 Å². The predicted molar refractivity (Wildman–Crippen MR) is 132 cm³/mol. The first kappa shape index (κ1) is 23.9. The Hall–Kier alpha value is -4.21. The average Bonchev–Trinajstić information content (AvgIpc) is 3.13. The summed E-state index contributed by atoms with van der Waals surface area (Å²) in [5.41, 5.74) is 0.0442. The van der Waals surface area contributed by atoms with Crippen LogP contribution in [0, 0.1) is 0 Å². The molecule has 0 atom stereocenters. The molecule has 2 heterocycles. The highest BCUT2D eigenvalue weighted by Crippen LogP contribution is 2.17. The highest BCUT2D eigenvalue weighted by Gasteiger charge is 2.21. The van der Waals surface area contributed by atoms with E-state index in [9.17, 15) is 19.2 Å². The van der Waals surface area contributed by atoms with Crippen molar-refractivity contribution < 1.29 is 14.3 Å². The van der Waals surface area contributed by atoms with E-state index in [1.165, 1.54) is 28.2 Å². The van der Waals surface area contributed by atoms with Crippen LogP contribution in [-0.4, -0.2) is 43.6 Å². The Morgan fingerprint density at radius 2 is 1.66 bits per heavy atom. The Kier molecular flexibility index (Phi) is 6.29. The molecule has 35 heavy (non-hydrogen) atoms. The maximum atomic E-state index is 13.4. The standard InChI is InChI=1S/C25H27N5O5/c1-14(2)26-22(32)17-8-11-19-20(12-17)30-24(29(15(3)4)23(19)33)27-28(25(30)34)13-21(31)16-6-9-18(35-5)10-7-16/h6-12,14-15H,13H2,1-5H3,(H,26,32). The third-order valence-corrected chi connectivity index (χ3v) is 5.63. The minimum atomic E-state index is -0.581. The number of methoxy groups -OCH3 is 1. The summed E-state index contributed by atoms with van der Waals surface area (Å²) in [5, 5.41) is 7.43. The fourth-order valence-corrected chi connectivity index (χ4v) is 3.94. The fraction of sp³-hybridized carbons (Fsp3) is 0.320. The molecule has 0 saturated carbocycles. The van der Waals surface area contributed by atoms with E-state index in [0.717, 1.165) is 4.68 Å². The first-order chi connectivity index (χ1) is 16.6. The Balaban J connectivity index is 1.90. The first-order valence-corrected chi connectivity index (χ1v) is 11.3. The number of carbonyl (C=O) groups excluding carboxylic acids is 2. The van der Waals surface area contributed by atoms with Crippen LogP contribution in [0.4, 0.5) is 0 Å². The normalized spacial score (nSPS) is 11.5. The van der Waals surface area contributed by atoms with E-state index < -0.39 is 5.69 Å². The van der Waals surface area contributed by atoms with Gasteiger partial charge in [-0.15, -0.1) is 5.10 Å². The molecule has 2 aromatic carbocycles. The summed E-state index contributed by atoms with van der Waals surface area (Å²) in [7, 11) is 1.53. The molecule has 0 aliphatic carbocycles. The van der Waals surface area contributed by atoms with E-state index in [4.69, 9.17) is 4.74 Å². The maximum Gasteiger partial charge on any atom is 0.352 e. The number of amides is 1. The van der Waals surface area contributed by atoms with E-state index in [1.54, 1.807) is 30.3 Å². The number of fused-ring (bicyclic) bond motifs is 3. The molecule has 182 valence electrons. The molecule has 0 bridgehead atoms. The van der Waals surface area contributed by atoms with Crippen molar-refractivity contribution in [3.63, 3.8) is 0 Å². The molecule has 0 fully saturated rings. The van der Waals surface area contributed by atoms with Crippen molar-refractivity contribution >= 4 is 28.4 Å². The van der Waals surface area contributed by atoms with Crippen molar-refractivity contribution in [2.24, 2.45) is 0 Å². The third-order valence-electron chi connectivity index (χ3n) is 5.63. The summed E-state index contributed by atoms with van der Waals surface area (Å²) in [5.74, 6) is 0.0683. The average molecular weight is 478 g/mol. The Morgan fingerprint density at radius 1 is 1.00 bits per heavy atom. The van der Waals surface area contributed by atoms with Crippen LogP contribution in [-0.2, 0) is 6.54 Å². The van der Waals surface area contributed by atoms with Crippen LogP contribution in [0.15, 0.2) is 52.1 Å². The number of rotatable bonds is 7. The van der Waals surface area contributed by atoms with Crippen LogP contribution in [0.5, 0.6) is 5.75 Å². The van der Waals surface area contributed by atoms with Gasteiger partial charge in [-0.2, -0.15) is 0 Å². The van der Waals surface area contributed by atoms with Crippen molar-refractivity contribution in [1.82, 2.24) is 24.1 Å². The van der Waals surface area contributed by atoms with Crippen LogP contribution in [0.3, 0.4) is 0 Å². The monoisotopic (exact) mass is 477 g/mol. The summed E-state index contributed by atoms with van der Waals surface area (Å²) in [4.78, 5) is 52.2. The largest absolute Gasteiger partial charge is 0.497 e. The lowest BCUT2D eigenvalue weighted by Gasteiger charge is -2.13. The summed E-state index contributed by atoms with van der Waals surface area (Å²) >= 11 is 0. The van der Waals surface area contributed by atoms with Crippen LogP contribution >= 0.6 is 0 Å². The van der Waals surface area contributed by atoms with Gasteiger partial charge in [-0.25, -0.2) is 13.9 Å². The number of nitrogens with one attached hydrogen (secondary N) is 1. The Bertz CT molecular complexity index is 1560. The first-order valence-electron chi connectivity index (χ1n) is 11.3. The topological polar surface area (TPSA) is 117 Å². The van der Waals surface area contributed by atoms with Gasteiger partial charge in [-0.3, -0.25) is 19.0 Å². The maximum absolute atomic E-state index is 13.4. The van der Waals surface area contributed by atoms with Gasteiger partial charge in [0.2, 0.25) is 5.78 Å². The van der Waals surface area contributed by atoms with Gasteiger partial charge in [-0.1, -0.05) is 0 Å². The molecule has 0 saturated heterocycles. The van der Waals surface area contributed by atoms with Crippen LogP contribution < -0.4 is 21.3 Å². The number of Topliss-reactive ketones (excluding diaryl/α,β-unsaturated/α-hetero) is 1. The highest BCUT2D eigenvalue weighted by molar-refractivity contribution is 5.98. The van der Waals surface area contributed by atoms with E-state index >= 15 is 0 Å². The van der Waals surface area contributed by atoms with Gasteiger partial charge in [0.05, 0.1) is 18.0 Å². The van der Waals surface area contributed by atoms with Crippen molar-refractivity contribution in [1.29, 1.82) is 0 Å². The van der Waals surface area contributed by atoms with Gasteiger partial charge in [-0.05, 0) is 70.2 Å². The van der Waals surface area contributed by atoms with Crippen molar-refractivity contribution in [3.8, 4) is 5.75 Å². The second kappa shape index (κ2) is 9.21. The molecule has 10 heteroatoms. The Morgan fingerprint density at radius 3 is 2.26 bits per heavy atom. The van der Waals surface area contributed by atoms with Gasteiger partial charge >= 0.3 is 5.69 Å². The molecule has 0 radical (unpaired) electrons. The zero-order valence-corrected chi connectivity index (χ0v) is 20.2. The molecule has 0 unspecified atom stereocenters. The lowest BCUT2D eigenvalue weighted by Crippen LogP contribution is -2.31. The molecular formula is C25H27N5O5. The molecule has 10 nitrogen and oxygen atoms in total. The number of hydrogen-bond donors (Lipinski definition) is 1. The highest BCUT2D eigenvalue weighted by atomic mass is 16.5. The molecule has 4 aromatic rings. The molecule has 1 N–H and O–H groups in total. The smallest absolute Gasteiger partial charge is 0.352 e. The minimum absolute atomic E-state index is 0.0819.